The molecule has 3 aromatic rings. The summed E-state index contributed by atoms with van der Waals surface area (Å²) < 4.78 is 5.62. The number of nitrogens with zero attached hydrogens (tertiary/aromatic N) is 3. The number of halogens is 1. The average Bonchev–Trinajstić information content (AvgIpc) is 2.59. The summed E-state index contributed by atoms with van der Waals surface area (Å²) >= 11 is 5.94. The van der Waals surface area contributed by atoms with Gasteiger partial charge in [-0.25, -0.2) is 9.97 Å². The molecular formula is C17H12ClN3O2. The number of nitriles is 1. The molecule has 0 bridgehead atoms. The quantitative estimate of drug-likeness (QED) is 0.796. The Morgan fingerprint density at radius 2 is 1.96 bits per heavy atom. The molecule has 114 valence electrons. The van der Waals surface area contributed by atoms with E-state index in [1.165, 1.54) is 6.33 Å². The van der Waals surface area contributed by atoms with E-state index < -0.39 is 6.10 Å². The Morgan fingerprint density at radius 1 is 1.17 bits per heavy atom. The van der Waals surface area contributed by atoms with Crippen LogP contribution in [0.5, 0.6) is 5.88 Å². The molecule has 0 aliphatic rings. The third kappa shape index (κ3) is 3.39. The van der Waals surface area contributed by atoms with Crippen molar-refractivity contribution in [3.05, 3.63) is 64.9 Å². The molecular weight excluding hydrogens is 314 g/mol. The van der Waals surface area contributed by atoms with Gasteiger partial charge in [-0.1, -0.05) is 23.7 Å². The maximum absolute atomic E-state index is 10.2. The van der Waals surface area contributed by atoms with E-state index in [1.807, 2.05) is 6.07 Å². The van der Waals surface area contributed by atoms with E-state index in [1.54, 1.807) is 42.5 Å². The summed E-state index contributed by atoms with van der Waals surface area (Å²) in [6.07, 6.45) is 0.572. The van der Waals surface area contributed by atoms with Crippen molar-refractivity contribution in [1.29, 1.82) is 5.26 Å². The first-order chi connectivity index (χ1) is 11.2. The minimum Gasteiger partial charge on any atom is -0.474 e. The Kier molecular flexibility index (Phi) is 4.38. The highest BCUT2D eigenvalue weighted by molar-refractivity contribution is 6.31. The molecule has 6 heteroatoms. The van der Waals surface area contributed by atoms with E-state index in [2.05, 4.69) is 9.97 Å². The van der Waals surface area contributed by atoms with Crippen LogP contribution >= 0.6 is 11.6 Å². The second kappa shape index (κ2) is 6.61. The van der Waals surface area contributed by atoms with Gasteiger partial charge in [0, 0.05) is 5.02 Å². The summed E-state index contributed by atoms with van der Waals surface area (Å²) in [4.78, 5) is 8.24. The number of benzene rings is 2. The number of aromatic nitrogens is 2. The molecule has 0 saturated carbocycles. The SMILES string of the molecule is N#Cc1ccc([C@H](O)COc2ncnc3cc(Cl)ccc23)cc1. The first-order valence-corrected chi connectivity index (χ1v) is 7.26. The Bertz CT molecular complexity index is 875. The summed E-state index contributed by atoms with van der Waals surface area (Å²) in [7, 11) is 0. The van der Waals surface area contributed by atoms with Gasteiger partial charge >= 0.3 is 0 Å². The number of fused-ring (bicyclic) bond motifs is 1. The fraction of sp³-hybridized carbons (Fsp3) is 0.118. The number of aliphatic hydroxyl groups excluding tert-OH is 1. The van der Waals surface area contributed by atoms with Crippen LogP contribution in [0, 0.1) is 11.3 Å². The number of ether oxygens (including phenoxy) is 1. The number of rotatable bonds is 4. The smallest absolute Gasteiger partial charge is 0.224 e. The van der Waals surface area contributed by atoms with Gasteiger partial charge in [-0.3, -0.25) is 0 Å². The van der Waals surface area contributed by atoms with Gasteiger partial charge in [0.05, 0.1) is 22.5 Å². The van der Waals surface area contributed by atoms with Gasteiger partial charge < -0.3 is 9.84 Å². The highest BCUT2D eigenvalue weighted by Crippen LogP contribution is 2.25. The number of aliphatic hydroxyl groups is 1. The molecule has 0 amide bonds. The number of hydrogen-bond acceptors (Lipinski definition) is 5. The summed E-state index contributed by atoms with van der Waals surface area (Å²) in [5.74, 6) is 0.388. The minimum atomic E-state index is -0.819. The van der Waals surface area contributed by atoms with E-state index in [4.69, 9.17) is 21.6 Å². The predicted octanol–water partition coefficient (Wildman–Crippen LogP) is 3.27. The highest BCUT2D eigenvalue weighted by atomic mass is 35.5. The van der Waals surface area contributed by atoms with E-state index >= 15 is 0 Å². The zero-order chi connectivity index (χ0) is 16.2. The zero-order valence-electron chi connectivity index (χ0n) is 12.0. The normalized spacial score (nSPS) is 11.9. The van der Waals surface area contributed by atoms with Crippen molar-refractivity contribution in [2.24, 2.45) is 0 Å². The predicted molar refractivity (Wildman–Crippen MR) is 86.2 cm³/mol. The van der Waals surface area contributed by atoms with Gasteiger partial charge in [0.2, 0.25) is 5.88 Å². The van der Waals surface area contributed by atoms with E-state index in [0.717, 1.165) is 5.39 Å². The van der Waals surface area contributed by atoms with Crippen molar-refractivity contribution >= 4 is 22.5 Å². The lowest BCUT2D eigenvalue weighted by Gasteiger charge is -2.13. The molecule has 0 radical (unpaired) electrons. The standard InChI is InChI=1S/C17H12ClN3O2/c18-13-5-6-14-15(7-13)20-10-21-17(14)23-9-16(22)12-3-1-11(8-19)2-4-12/h1-7,10,16,22H,9H2/t16-/m1/s1. The second-order valence-corrected chi connectivity index (χ2v) is 5.34. The van der Waals surface area contributed by atoms with Crippen LogP contribution in [0.25, 0.3) is 10.9 Å². The van der Waals surface area contributed by atoms with Crippen molar-refractivity contribution < 1.29 is 9.84 Å². The Morgan fingerprint density at radius 3 is 2.70 bits per heavy atom. The van der Waals surface area contributed by atoms with Crippen LogP contribution in [-0.2, 0) is 0 Å². The molecule has 1 heterocycles. The molecule has 0 unspecified atom stereocenters. The van der Waals surface area contributed by atoms with Crippen molar-refractivity contribution in [1.82, 2.24) is 9.97 Å². The van der Waals surface area contributed by atoms with Gasteiger partial charge in [0.25, 0.3) is 0 Å². The molecule has 0 aliphatic heterocycles. The lowest BCUT2D eigenvalue weighted by atomic mass is 10.1. The first-order valence-electron chi connectivity index (χ1n) is 6.88. The molecule has 2 aromatic carbocycles. The maximum Gasteiger partial charge on any atom is 0.224 e. The lowest BCUT2D eigenvalue weighted by Crippen LogP contribution is -2.10. The molecule has 1 atom stereocenters. The fourth-order valence-corrected chi connectivity index (χ4v) is 2.32. The molecule has 1 N–H and O–H groups in total. The summed E-state index contributed by atoms with van der Waals surface area (Å²) in [6, 6.07) is 14.0. The van der Waals surface area contributed by atoms with Crippen LogP contribution in [0.1, 0.15) is 17.2 Å². The van der Waals surface area contributed by atoms with E-state index in [9.17, 15) is 5.11 Å². The Balaban J connectivity index is 1.76. The van der Waals surface area contributed by atoms with Crippen molar-refractivity contribution in [3.8, 4) is 11.9 Å². The largest absolute Gasteiger partial charge is 0.474 e. The Hall–Kier alpha value is -2.68. The zero-order valence-corrected chi connectivity index (χ0v) is 12.7. The van der Waals surface area contributed by atoms with Gasteiger partial charge in [-0.15, -0.1) is 0 Å². The summed E-state index contributed by atoms with van der Waals surface area (Å²) in [5, 5.41) is 20.3. The molecule has 0 spiro atoms. The first kappa shape index (κ1) is 15.2. The summed E-state index contributed by atoms with van der Waals surface area (Å²) in [6.45, 7) is 0.0423. The molecule has 0 fully saturated rings. The van der Waals surface area contributed by atoms with Crippen LogP contribution in [0.15, 0.2) is 48.8 Å². The van der Waals surface area contributed by atoms with Crippen molar-refractivity contribution in [3.63, 3.8) is 0 Å². The topological polar surface area (TPSA) is 79.0 Å². The van der Waals surface area contributed by atoms with Crippen LogP contribution in [0.4, 0.5) is 0 Å². The molecule has 1 aromatic heterocycles. The summed E-state index contributed by atoms with van der Waals surface area (Å²) in [5.41, 5.74) is 1.89. The third-order valence-electron chi connectivity index (χ3n) is 3.36. The highest BCUT2D eigenvalue weighted by Gasteiger charge is 2.11. The molecule has 0 saturated heterocycles. The molecule has 23 heavy (non-hydrogen) atoms. The second-order valence-electron chi connectivity index (χ2n) is 4.90. The molecule has 0 aliphatic carbocycles. The third-order valence-corrected chi connectivity index (χ3v) is 3.60. The van der Waals surface area contributed by atoms with E-state index in [-0.39, 0.29) is 6.61 Å². The Labute approximate surface area is 137 Å². The van der Waals surface area contributed by atoms with Gasteiger partial charge in [-0.05, 0) is 35.9 Å². The van der Waals surface area contributed by atoms with Crippen molar-refractivity contribution in [2.45, 2.75) is 6.10 Å². The van der Waals surface area contributed by atoms with Gasteiger partial charge in [-0.2, -0.15) is 5.26 Å². The fourth-order valence-electron chi connectivity index (χ4n) is 2.15. The van der Waals surface area contributed by atoms with Crippen LogP contribution < -0.4 is 4.74 Å². The van der Waals surface area contributed by atoms with Crippen LogP contribution in [0.2, 0.25) is 5.02 Å². The van der Waals surface area contributed by atoms with E-state index in [0.29, 0.717) is 27.5 Å². The number of hydrogen-bond donors (Lipinski definition) is 1. The van der Waals surface area contributed by atoms with Crippen LogP contribution in [0.3, 0.4) is 0 Å². The molecule has 5 nitrogen and oxygen atoms in total. The van der Waals surface area contributed by atoms with Crippen molar-refractivity contribution in [2.75, 3.05) is 6.61 Å². The monoisotopic (exact) mass is 325 g/mol. The van der Waals surface area contributed by atoms with Gasteiger partial charge in [0.15, 0.2) is 0 Å². The maximum atomic E-state index is 10.2. The average molecular weight is 326 g/mol. The lowest BCUT2D eigenvalue weighted by molar-refractivity contribution is 0.106. The van der Waals surface area contributed by atoms with Crippen LogP contribution in [-0.4, -0.2) is 21.7 Å². The van der Waals surface area contributed by atoms with Gasteiger partial charge in [0.1, 0.15) is 19.0 Å². The molecule has 3 rings (SSSR count). The minimum absolute atomic E-state index is 0.0423.